The minimum atomic E-state index is -1.85. The van der Waals surface area contributed by atoms with Gasteiger partial charge in [0.25, 0.3) is 0 Å². The van der Waals surface area contributed by atoms with E-state index >= 15 is 0 Å². The molecule has 1 fully saturated rings. The standard InChI is InChI=1S/C25H23NO6S/c1-5-32-23(30)19-18(22(29)31-4)25(20(27)14-8-6-7-9-15(14)21(25)28)24(3)26(19)16-12-13(2)10-11-17(16)33-24/h6-12,18-19H,5H2,1-4H3/t18-,19-,24?/m0/s1. The molecule has 2 aliphatic heterocycles. The molecule has 0 radical (unpaired) electrons. The third kappa shape index (κ3) is 2.47. The molecule has 1 aliphatic carbocycles. The second kappa shape index (κ2) is 7.18. The number of methoxy groups -OCH3 is 1. The first-order valence-corrected chi connectivity index (χ1v) is 11.6. The van der Waals surface area contributed by atoms with Gasteiger partial charge in [-0.15, -0.1) is 0 Å². The van der Waals surface area contributed by atoms with Gasteiger partial charge in [-0.1, -0.05) is 42.1 Å². The van der Waals surface area contributed by atoms with E-state index in [0.717, 1.165) is 10.5 Å². The van der Waals surface area contributed by atoms with Gasteiger partial charge in [0.1, 0.15) is 22.2 Å². The van der Waals surface area contributed by atoms with Gasteiger partial charge in [0, 0.05) is 16.0 Å². The number of ketones is 2. The number of rotatable bonds is 3. The third-order valence-corrected chi connectivity index (χ3v) is 8.53. The number of fused-ring (bicyclic) bond motifs is 5. The van der Waals surface area contributed by atoms with Crippen LogP contribution in [0.15, 0.2) is 47.4 Å². The number of hydrogen-bond acceptors (Lipinski definition) is 8. The lowest BCUT2D eigenvalue weighted by atomic mass is 9.67. The van der Waals surface area contributed by atoms with Gasteiger partial charge in [-0.25, -0.2) is 4.79 Å². The Morgan fingerprint density at radius 2 is 1.70 bits per heavy atom. The van der Waals surface area contributed by atoms with Crippen molar-refractivity contribution in [1.29, 1.82) is 0 Å². The molecule has 8 heteroatoms. The topological polar surface area (TPSA) is 90.0 Å². The first-order valence-electron chi connectivity index (χ1n) is 10.8. The molecule has 0 N–H and O–H groups in total. The number of benzene rings is 2. The minimum Gasteiger partial charge on any atom is -0.469 e. The lowest BCUT2D eigenvalue weighted by Gasteiger charge is -2.39. The number of thioether (sulfide) groups is 1. The second-order valence-electron chi connectivity index (χ2n) is 8.64. The molecular formula is C25H23NO6S. The average Bonchev–Trinajstić information content (AvgIpc) is 3.31. The number of carbonyl (C=O) groups excluding carboxylic acids is 4. The number of esters is 2. The number of aryl methyl sites for hydroxylation is 1. The van der Waals surface area contributed by atoms with Gasteiger partial charge in [0.2, 0.25) is 0 Å². The van der Waals surface area contributed by atoms with Crippen molar-refractivity contribution in [2.45, 2.75) is 36.6 Å². The highest BCUT2D eigenvalue weighted by molar-refractivity contribution is 8.01. The molecule has 170 valence electrons. The molecule has 0 saturated carbocycles. The molecule has 2 aromatic carbocycles. The highest BCUT2D eigenvalue weighted by Gasteiger charge is 2.81. The van der Waals surface area contributed by atoms with Gasteiger partial charge in [0.15, 0.2) is 11.6 Å². The van der Waals surface area contributed by atoms with E-state index in [4.69, 9.17) is 9.47 Å². The van der Waals surface area contributed by atoms with Crippen molar-refractivity contribution in [3.63, 3.8) is 0 Å². The van der Waals surface area contributed by atoms with Crippen LogP contribution < -0.4 is 4.90 Å². The highest BCUT2D eigenvalue weighted by Crippen LogP contribution is 2.69. The summed E-state index contributed by atoms with van der Waals surface area (Å²) in [5.74, 6) is -3.74. The van der Waals surface area contributed by atoms with Gasteiger partial charge in [-0.3, -0.25) is 14.4 Å². The molecule has 33 heavy (non-hydrogen) atoms. The smallest absolute Gasteiger partial charge is 0.329 e. The van der Waals surface area contributed by atoms with E-state index in [-0.39, 0.29) is 17.7 Å². The molecule has 1 unspecified atom stereocenters. The van der Waals surface area contributed by atoms with E-state index in [0.29, 0.717) is 5.69 Å². The van der Waals surface area contributed by atoms with Gasteiger partial charge < -0.3 is 14.4 Å². The van der Waals surface area contributed by atoms with Crippen LogP contribution in [-0.4, -0.2) is 48.1 Å². The molecule has 0 aromatic heterocycles. The number of carbonyl (C=O) groups is 4. The Labute approximate surface area is 195 Å². The number of ether oxygens (including phenoxy) is 2. The van der Waals surface area contributed by atoms with Crippen LogP contribution in [0.3, 0.4) is 0 Å². The fourth-order valence-corrected chi connectivity index (χ4v) is 7.38. The Morgan fingerprint density at radius 3 is 2.27 bits per heavy atom. The van der Waals surface area contributed by atoms with E-state index in [1.165, 1.54) is 18.9 Å². The predicted octanol–water partition coefficient (Wildman–Crippen LogP) is 3.42. The zero-order valence-corrected chi connectivity index (χ0v) is 19.5. The predicted molar refractivity (Wildman–Crippen MR) is 121 cm³/mol. The fourth-order valence-electron chi connectivity index (χ4n) is 5.77. The Kier molecular flexibility index (Phi) is 4.72. The monoisotopic (exact) mass is 465 g/mol. The Balaban J connectivity index is 1.85. The number of Topliss-reactive ketones (excluding diaryl/α,β-unsaturated/α-hetero) is 2. The molecule has 0 amide bonds. The molecule has 1 saturated heterocycles. The first-order chi connectivity index (χ1) is 15.7. The molecule has 5 rings (SSSR count). The Hall–Kier alpha value is -3.13. The van der Waals surface area contributed by atoms with Crippen molar-refractivity contribution >= 4 is 41.0 Å². The van der Waals surface area contributed by atoms with E-state index in [2.05, 4.69) is 0 Å². The summed E-state index contributed by atoms with van der Waals surface area (Å²) in [6, 6.07) is 11.1. The van der Waals surface area contributed by atoms with Crippen LogP contribution in [-0.2, 0) is 19.1 Å². The summed E-state index contributed by atoms with van der Waals surface area (Å²) in [6.45, 7) is 5.46. The van der Waals surface area contributed by atoms with Crippen molar-refractivity contribution in [2.24, 2.45) is 11.3 Å². The van der Waals surface area contributed by atoms with Crippen molar-refractivity contribution in [2.75, 3.05) is 18.6 Å². The lowest BCUT2D eigenvalue weighted by molar-refractivity contribution is -0.155. The van der Waals surface area contributed by atoms with E-state index in [1.807, 2.05) is 25.1 Å². The summed E-state index contributed by atoms with van der Waals surface area (Å²) >= 11 is 1.33. The maximum absolute atomic E-state index is 14.1. The van der Waals surface area contributed by atoms with E-state index in [1.54, 1.807) is 43.0 Å². The average molecular weight is 466 g/mol. The Bertz CT molecular complexity index is 1200. The van der Waals surface area contributed by atoms with Crippen molar-refractivity contribution in [3.8, 4) is 0 Å². The van der Waals surface area contributed by atoms with Crippen LogP contribution in [0.25, 0.3) is 0 Å². The molecule has 2 aromatic rings. The van der Waals surface area contributed by atoms with Gasteiger partial charge in [0.05, 0.1) is 19.4 Å². The van der Waals surface area contributed by atoms with Crippen molar-refractivity contribution in [1.82, 2.24) is 0 Å². The number of hydrogen-bond donors (Lipinski definition) is 0. The van der Waals surface area contributed by atoms with Crippen LogP contribution in [0.5, 0.6) is 0 Å². The van der Waals surface area contributed by atoms with Crippen LogP contribution in [0, 0.1) is 18.3 Å². The summed E-state index contributed by atoms with van der Waals surface area (Å²) in [4.78, 5) is 56.3. The third-order valence-electron chi connectivity index (χ3n) is 7.05. The highest BCUT2D eigenvalue weighted by atomic mass is 32.2. The molecule has 0 bridgehead atoms. The summed E-state index contributed by atoms with van der Waals surface area (Å²) in [6.07, 6.45) is 0. The minimum absolute atomic E-state index is 0.0940. The summed E-state index contributed by atoms with van der Waals surface area (Å²) < 4.78 is 10.5. The van der Waals surface area contributed by atoms with E-state index < -0.39 is 45.8 Å². The zero-order valence-electron chi connectivity index (χ0n) is 18.7. The normalized spacial score (nSPS) is 26.2. The molecular weight excluding hydrogens is 442 g/mol. The van der Waals surface area contributed by atoms with Crippen LogP contribution in [0.2, 0.25) is 0 Å². The molecule has 1 spiro atoms. The van der Waals surface area contributed by atoms with E-state index in [9.17, 15) is 19.2 Å². The number of nitrogens with zero attached hydrogens (tertiary/aromatic N) is 1. The SMILES string of the molecule is CCOC(=O)[C@@H]1[C@@H](C(=O)OC)C2(C(=O)c3ccccc3C2=O)C2(C)Sc3ccc(C)cc3N12. The first kappa shape index (κ1) is 21.7. The van der Waals surface area contributed by atoms with Gasteiger partial charge in [-0.05, 0) is 38.5 Å². The van der Waals surface area contributed by atoms with Gasteiger partial charge >= 0.3 is 11.9 Å². The molecule has 2 heterocycles. The lowest BCUT2D eigenvalue weighted by Crippen LogP contribution is -2.56. The van der Waals surface area contributed by atoms with Crippen LogP contribution >= 0.6 is 11.8 Å². The summed E-state index contributed by atoms with van der Waals surface area (Å²) in [5, 5.41) is 0. The zero-order chi connectivity index (χ0) is 23.7. The van der Waals surface area contributed by atoms with Gasteiger partial charge in [-0.2, -0.15) is 0 Å². The molecule has 3 atom stereocenters. The quantitative estimate of drug-likeness (QED) is 0.503. The summed E-state index contributed by atoms with van der Waals surface area (Å²) in [5.41, 5.74) is 0.315. The second-order valence-corrected chi connectivity index (χ2v) is 10.1. The van der Waals surface area contributed by atoms with Crippen LogP contribution in [0.4, 0.5) is 5.69 Å². The largest absolute Gasteiger partial charge is 0.469 e. The molecule has 7 nitrogen and oxygen atoms in total. The maximum Gasteiger partial charge on any atom is 0.329 e. The van der Waals surface area contributed by atoms with Crippen molar-refractivity contribution < 1.29 is 28.7 Å². The summed E-state index contributed by atoms with van der Waals surface area (Å²) in [7, 11) is 1.20. The number of anilines is 1. The van der Waals surface area contributed by atoms with Crippen LogP contribution in [0.1, 0.15) is 40.1 Å². The maximum atomic E-state index is 14.1. The fraction of sp³-hybridized carbons (Fsp3) is 0.360. The molecule has 3 aliphatic rings. The van der Waals surface area contributed by atoms with Crippen molar-refractivity contribution in [3.05, 3.63) is 59.2 Å². The Morgan fingerprint density at radius 1 is 1.06 bits per heavy atom.